The minimum Gasteiger partial charge on any atom is -0.462 e. The highest BCUT2D eigenvalue weighted by atomic mass is 16.6. The van der Waals surface area contributed by atoms with Gasteiger partial charge in [-0.15, -0.1) is 0 Å². The molecule has 1 unspecified atom stereocenters. The van der Waals surface area contributed by atoms with Crippen molar-refractivity contribution >= 4 is 23.9 Å². The van der Waals surface area contributed by atoms with Crippen LogP contribution in [0.5, 0.6) is 0 Å². The molecule has 0 aliphatic carbocycles. The molecule has 0 saturated carbocycles. The number of ether oxygens (including phenoxy) is 2. The van der Waals surface area contributed by atoms with Gasteiger partial charge in [0.15, 0.2) is 0 Å². The number of hydrogen-bond donors (Lipinski definition) is 2. The van der Waals surface area contributed by atoms with Gasteiger partial charge in [-0.2, -0.15) is 0 Å². The first-order chi connectivity index (χ1) is 12.0. The van der Waals surface area contributed by atoms with Gasteiger partial charge in [0.05, 0.1) is 7.11 Å². The Kier molecular flexibility index (Phi) is 6.33. The van der Waals surface area contributed by atoms with E-state index in [9.17, 15) is 19.2 Å². The van der Waals surface area contributed by atoms with E-state index >= 15 is 0 Å². The van der Waals surface area contributed by atoms with Crippen molar-refractivity contribution in [3.63, 3.8) is 0 Å². The molecule has 134 valence electrons. The predicted molar refractivity (Wildman–Crippen MR) is 84.7 cm³/mol. The Bertz CT molecular complexity index is 649. The number of amides is 3. The van der Waals surface area contributed by atoms with Crippen molar-refractivity contribution in [2.24, 2.45) is 0 Å². The van der Waals surface area contributed by atoms with Crippen molar-refractivity contribution in [3.8, 4) is 0 Å². The van der Waals surface area contributed by atoms with Crippen molar-refractivity contribution in [2.75, 3.05) is 13.7 Å². The monoisotopic (exact) mass is 349 g/mol. The van der Waals surface area contributed by atoms with Crippen LogP contribution in [0.3, 0.4) is 0 Å². The summed E-state index contributed by atoms with van der Waals surface area (Å²) in [5.41, 5.74) is 5.11. The molecular weight excluding hydrogens is 330 g/mol. The first-order valence-corrected chi connectivity index (χ1v) is 7.68. The molecule has 9 nitrogen and oxygen atoms in total. The van der Waals surface area contributed by atoms with Crippen molar-refractivity contribution in [1.82, 2.24) is 15.8 Å². The van der Waals surface area contributed by atoms with E-state index < -0.39 is 29.9 Å². The summed E-state index contributed by atoms with van der Waals surface area (Å²) >= 11 is 0. The summed E-state index contributed by atoms with van der Waals surface area (Å²) in [6.45, 7) is 0.323. The zero-order valence-electron chi connectivity index (χ0n) is 13.7. The summed E-state index contributed by atoms with van der Waals surface area (Å²) < 4.78 is 9.32. The molecule has 1 aromatic carbocycles. The summed E-state index contributed by atoms with van der Waals surface area (Å²) in [6, 6.07) is 8.20. The fourth-order valence-corrected chi connectivity index (χ4v) is 2.44. The molecule has 2 N–H and O–H groups in total. The van der Waals surface area contributed by atoms with E-state index in [4.69, 9.17) is 4.74 Å². The average Bonchev–Trinajstić information content (AvgIpc) is 3.13. The third-order valence-electron chi connectivity index (χ3n) is 3.68. The van der Waals surface area contributed by atoms with Crippen LogP contribution in [0.15, 0.2) is 30.3 Å². The lowest BCUT2D eigenvalue weighted by atomic mass is 10.2. The number of nitrogens with one attached hydrogen (secondary N) is 2. The first kappa shape index (κ1) is 18.2. The maximum absolute atomic E-state index is 12.1. The summed E-state index contributed by atoms with van der Waals surface area (Å²) in [6.07, 6.45) is 0.121. The molecule has 1 aliphatic rings. The van der Waals surface area contributed by atoms with Crippen molar-refractivity contribution in [3.05, 3.63) is 35.9 Å². The van der Waals surface area contributed by atoms with E-state index in [0.717, 1.165) is 17.6 Å². The summed E-state index contributed by atoms with van der Waals surface area (Å²) in [5.74, 6) is -2.52. The second-order valence-corrected chi connectivity index (χ2v) is 5.32. The highest BCUT2D eigenvalue weighted by molar-refractivity contribution is 6.32. The van der Waals surface area contributed by atoms with Gasteiger partial charge in [-0.05, 0) is 18.4 Å². The minimum absolute atomic E-state index is 0.0545. The lowest BCUT2D eigenvalue weighted by Crippen LogP contribution is -2.52. The quantitative estimate of drug-likeness (QED) is 0.455. The van der Waals surface area contributed by atoms with Crippen LogP contribution in [0, 0.1) is 0 Å². The van der Waals surface area contributed by atoms with Gasteiger partial charge in [-0.3, -0.25) is 15.0 Å². The molecule has 1 saturated heterocycles. The Morgan fingerprint density at radius 2 is 1.88 bits per heavy atom. The van der Waals surface area contributed by atoms with Crippen LogP contribution in [0.2, 0.25) is 0 Å². The van der Waals surface area contributed by atoms with Crippen LogP contribution in [-0.2, 0) is 30.5 Å². The highest BCUT2D eigenvalue weighted by Crippen LogP contribution is 2.17. The molecule has 25 heavy (non-hydrogen) atoms. The second-order valence-electron chi connectivity index (χ2n) is 5.32. The van der Waals surface area contributed by atoms with Gasteiger partial charge in [0.25, 0.3) is 5.91 Å². The molecule has 1 fully saturated rings. The van der Waals surface area contributed by atoms with E-state index in [1.165, 1.54) is 0 Å². The fourth-order valence-electron chi connectivity index (χ4n) is 2.44. The van der Waals surface area contributed by atoms with Crippen LogP contribution in [0.4, 0.5) is 4.79 Å². The number of esters is 1. The lowest BCUT2D eigenvalue weighted by molar-refractivity contribution is -0.159. The van der Waals surface area contributed by atoms with Crippen molar-refractivity contribution in [1.29, 1.82) is 0 Å². The zero-order chi connectivity index (χ0) is 18.2. The summed E-state index contributed by atoms with van der Waals surface area (Å²) in [7, 11) is 1.09. The second kappa shape index (κ2) is 8.67. The van der Waals surface area contributed by atoms with E-state index in [-0.39, 0.29) is 13.2 Å². The number of carbonyl (C=O) groups is 4. The third-order valence-corrected chi connectivity index (χ3v) is 3.68. The maximum atomic E-state index is 12.1. The lowest BCUT2D eigenvalue weighted by Gasteiger charge is -2.22. The van der Waals surface area contributed by atoms with E-state index in [1.807, 2.05) is 18.2 Å². The smallest absolute Gasteiger partial charge is 0.426 e. The average molecular weight is 349 g/mol. The first-order valence-electron chi connectivity index (χ1n) is 7.68. The van der Waals surface area contributed by atoms with Gasteiger partial charge in [0.1, 0.15) is 12.6 Å². The zero-order valence-corrected chi connectivity index (χ0v) is 13.7. The number of methoxy groups -OCH3 is 1. The SMILES string of the molecule is COC(=O)C(=O)N1CCCC1C(=O)NNC(=O)OCc1ccccc1. The molecule has 0 bridgehead atoms. The highest BCUT2D eigenvalue weighted by Gasteiger charge is 2.37. The van der Waals surface area contributed by atoms with E-state index in [2.05, 4.69) is 15.6 Å². The fraction of sp³-hybridized carbons (Fsp3) is 0.375. The van der Waals surface area contributed by atoms with E-state index in [1.54, 1.807) is 12.1 Å². The maximum Gasteiger partial charge on any atom is 0.426 e. The standard InChI is InChI=1S/C16H19N3O6/c1-24-15(22)14(21)19-9-5-8-12(19)13(20)17-18-16(23)25-10-11-6-3-2-4-7-11/h2-4,6-7,12H,5,8-10H2,1H3,(H,17,20)(H,18,23). The molecule has 0 radical (unpaired) electrons. The summed E-state index contributed by atoms with van der Waals surface area (Å²) in [4.78, 5) is 48.0. The third kappa shape index (κ3) is 4.93. The summed E-state index contributed by atoms with van der Waals surface area (Å²) in [5, 5.41) is 0. The Labute approximate surface area is 144 Å². The van der Waals surface area contributed by atoms with Crippen LogP contribution in [0.25, 0.3) is 0 Å². The van der Waals surface area contributed by atoms with E-state index in [0.29, 0.717) is 12.8 Å². The van der Waals surface area contributed by atoms with Gasteiger partial charge in [0.2, 0.25) is 0 Å². The van der Waals surface area contributed by atoms with Crippen LogP contribution in [0.1, 0.15) is 18.4 Å². The van der Waals surface area contributed by atoms with Crippen LogP contribution in [-0.4, -0.2) is 48.5 Å². The molecular formula is C16H19N3O6. The molecule has 1 aliphatic heterocycles. The molecule has 3 amide bonds. The number of rotatable bonds is 3. The number of benzene rings is 1. The van der Waals surface area contributed by atoms with Crippen LogP contribution >= 0.6 is 0 Å². The van der Waals surface area contributed by atoms with Crippen molar-refractivity contribution < 1.29 is 28.7 Å². The molecule has 1 aromatic rings. The van der Waals surface area contributed by atoms with Crippen LogP contribution < -0.4 is 10.9 Å². The largest absolute Gasteiger partial charge is 0.462 e. The molecule has 2 rings (SSSR count). The van der Waals surface area contributed by atoms with Gasteiger partial charge >= 0.3 is 18.0 Å². The Hall–Kier alpha value is -3.10. The van der Waals surface area contributed by atoms with Gasteiger partial charge in [-0.1, -0.05) is 30.3 Å². The number of hydrazine groups is 1. The van der Waals surface area contributed by atoms with Crippen molar-refractivity contribution in [2.45, 2.75) is 25.5 Å². The van der Waals surface area contributed by atoms with Gasteiger partial charge in [0, 0.05) is 6.54 Å². The normalized spacial score (nSPS) is 16.0. The molecule has 9 heteroatoms. The number of nitrogens with zero attached hydrogens (tertiary/aromatic N) is 1. The Morgan fingerprint density at radius 1 is 1.16 bits per heavy atom. The molecule has 1 heterocycles. The Morgan fingerprint density at radius 3 is 2.56 bits per heavy atom. The minimum atomic E-state index is -1.03. The molecule has 1 atom stereocenters. The number of likely N-dealkylation sites (tertiary alicyclic amines) is 1. The predicted octanol–water partition coefficient (Wildman–Crippen LogP) is 0.108. The number of carbonyl (C=O) groups excluding carboxylic acids is 4. The topological polar surface area (TPSA) is 114 Å². The molecule has 0 aromatic heterocycles. The number of hydrogen-bond acceptors (Lipinski definition) is 6. The van der Waals surface area contributed by atoms with Gasteiger partial charge < -0.3 is 14.4 Å². The molecule has 0 spiro atoms. The Balaban J connectivity index is 1.79. The van der Waals surface area contributed by atoms with Gasteiger partial charge in [-0.25, -0.2) is 15.0 Å².